The molecule has 0 fully saturated rings. The van der Waals surface area contributed by atoms with E-state index in [-0.39, 0.29) is 5.88 Å². The second-order valence-corrected chi connectivity index (χ2v) is 9.54. The van der Waals surface area contributed by atoms with Crippen molar-refractivity contribution in [3.63, 3.8) is 0 Å². The maximum atomic E-state index is 13.0. The first-order valence-corrected chi connectivity index (χ1v) is 10.2. The fourth-order valence-electron chi connectivity index (χ4n) is 3.05. The summed E-state index contributed by atoms with van der Waals surface area (Å²) >= 11 is 0. The van der Waals surface area contributed by atoms with Crippen LogP contribution in [0.25, 0.3) is 0 Å². The Bertz CT molecular complexity index is 1070. The highest BCUT2D eigenvalue weighted by Gasteiger charge is 2.50. The van der Waals surface area contributed by atoms with Crippen LogP contribution in [0, 0.1) is 6.92 Å². The number of carbonyl (C=O) groups is 1. The summed E-state index contributed by atoms with van der Waals surface area (Å²) in [5, 5.41) is 0. The molecule has 142 valence electrons. The van der Waals surface area contributed by atoms with E-state index in [2.05, 4.69) is 0 Å². The van der Waals surface area contributed by atoms with E-state index in [0.717, 1.165) is 5.56 Å². The fraction of sp³-hybridized carbons (Fsp3) is 0.167. The predicted octanol–water partition coefficient (Wildman–Crippen LogP) is -1.07. The molecule has 28 heavy (non-hydrogen) atoms. The molecule has 0 bridgehead atoms. The molecule has 0 amide bonds. The van der Waals surface area contributed by atoms with Crippen molar-refractivity contribution in [2.75, 3.05) is 0 Å². The smallest absolute Gasteiger partial charge is 0.304 e. The Hall–Kier alpha value is -2.61. The molecule has 0 aromatic heterocycles. The first-order valence-electron chi connectivity index (χ1n) is 8.79. The third-order valence-electron chi connectivity index (χ3n) is 5.03. The van der Waals surface area contributed by atoms with Gasteiger partial charge in [0.1, 0.15) is 15.7 Å². The molecule has 1 aliphatic rings. The number of Topliss-reactive ketones (excluding diaryl/α,β-unsaturated/α-hetero) is 1. The molecule has 0 aliphatic carbocycles. The molecule has 10 heteroatoms. The van der Waals surface area contributed by atoms with E-state index < -0.39 is 31.7 Å². The molecule has 0 radical (unpaired) electrons. The van der Waals surface area contributed by atoms with Gasteiger partial charge in [-0.25, -0.2) is 0 Å². The van der Waals surface area contributed by atoms with Gasteiger partial charge in [0, 0.05) is 0 Å². The number of hydrogen-bond donors (Lipinski definition) is 1. The highest BCUT2D eigenvalue weighted by molar-refractivity contribution is 7.90. The van der Waals surface area contributed by atoms with Gasteiger partial charge in [-0.05, 0) is 18.1 Å². The van der Waals surface area contributed by atoms with Crippen LogP contribution < -0.4 is 5.73 Å². The van der Waals surface area contributed by atoms with E-state index in [4.69, 9.17) is 14.7 Å². The maximum Gasteiger partial charge on any atom is 0.304 e. The monoisotopic (exact) mass is 395 g/mol. The van der Waals surface area contributed by atoms with E-state index in [9.17, 15) is 13.2 Å². The van der Waals surface area contributed by atoms with Crippen LogP contribution >= 0.6 is 0 Å². The van der Waals surface area contributed by atoms with Gasteiger partial charge in [-0.3, -0.25) is 4.79 Å². The van der Waals surface area contributed by atoms with Gasteiger partial charge < -0.3 is 14.7 Å². The van der Waals surface area contributed by atoms with Crippen LogP contribution in [0.15, 0.2) is 66.2 Å². The SMILES string of the molecule is BC1(c2cccc(C)c2)OC(N)=C(OS(=O)(=O)C(B)(B)c2ccccc2)C1=O. The number of carbonyl (C=O) groups excluding carboxylic acids is 1. The van der Waals surface area contributed by atoms with Crippen molar-refractivity contribution in [3.8, 4) is 0 Å². The molecule has 1 atom stereocenters. The molecule has 2 N–H and O–H groups in total. The Morgan fingerprint density at radius 1 is 1.11 bits per heavy atom. The number of ketones is 1. The summed E-state index contributed by atoms with van der Waals surface area (Å²) < 4.78 is 35.4. The molecule has 1 unspecified atom stereocenters. The first-order chi connectivity index (χ1) is 13.0. The van der Waals surface area contributed by atoms with E-state index in [1.807, 2.05) is 13.0 Å². The average molecular weight is 395 g/mol. The predicted molar refractivity (Wildman–Crippen MR) is 114 cm³/mol. The number of benzene rings is 2. The molecule has 3 rings (SSSR count). The minimum atomic E-state index is -4.24. The second-order valence-electron chi connectivity index (χ2n) is 7.44. The van der Waals surface area contributed by atoms with Gasteiger partial charge >= 0.3 is 10.1 Å². The first kappa shape index (κ1) is 20.1. The van der Waals surface area contributed by atoms with Crippen molar-refractivity contribution >= 4 is 39.4 Å². The summed E-state index contributed by atoms with van der Waals surface area (Å²) in [6.45, 7) is 1.88. The number of ether oxygens (including phenoxy) is 1. The number of aryl methyl sites for hydroxylation is 1. The second kappa shape index (κ2) is 6.77. The largest absolute Gasteiger partial charge is 0.467 e. The van der Waals surface area contributed by atoms with Crippen LogP contribution in [0.2, 0.25) is 0 Å². The number of rotatable bonds is 5. The Balaban J connectivity index is 1.94. The molecule has 2 aromatic rings. The van der Waals surface area contributed by atoms with Gasteiger partial charge in [-0.2, -0.15) is 8.42 Å². The summed E-state index contributed by atoms with van der Waals surface area (Å²) in [5.41, 5.74) is 6.44. The highest BCUT2D eigenvalue weighted by atomic mass is 32.2. The maximum absolute atomic E-state index is 13.0. The molecule has 6 nitrogen and oxygen atoms in total. The Morgan fingerprint density at radius 2 is 1.75 bits per heavy atom. The quantitative estimate of drug-likeness (QED) is 0.512. The van der Waals surface area contributed by atoms with Crippen molar-refractivity contribution in [1.82, 2.24) is 0 Å². The summed E-state index contributed by atoms with van der Waals surface area (Å²) in [7, 11) is 0.319. The summed E-state index contributed by atoms with van der Waals surface area (Å²) in [4.78, 5) is 13.0. The third kappa shape index (κ3) is 3.22. The summed E-state index contributed by atoms with van der Waals surface area (Å²) in [5.74, 6) is -1.47. The van der Waals surface area contributed by atoms with E-state index in [1.165, 1.54) is 15.7 Å². The van der Waals surface area contributed by atoms with Gasteiger partial charge in [-0.15, -0.1) is 0 Å². The molecule has 1 heterocycles. The average Bonchev–Trinajstić information content (AvgIpc) is 2.86. The number of hydrogen-bond acceptors (Lipinski definition) is 6. The van der Waals surface area contributed by atoms with Gasteiger partial charge in [0.25, 0.3) is 0 Å². The minimum Gasteiger partial charge on any atom is -0.467 e. The zero-order valence-electron chi connectivity index (χ0n) is 16.2. The van der Waals surface area contributed by atoms with Gasteiger partial charge in [0.2, 0.25) is 17.4 Å². The van der Waals surface area contributed by atoms with E-state index in [0.29, 0.717) is 11.1 Å². The summed E-state index contributed by atoms with van der Waals surface area (Å²) in [6.07, 6.45) is 0. The summed E-state index contributed by atoms with van der Waals surface area (Å²) in [6, 6.07) is 15.8. The Labute approximate surface area is 167 Å². The van der Waals surface area contributed by atoms with Gasteiger partial charge in [-0.1, -0.05) is 60.2 Å². The normalized spacial score (nSPS) is 20.1. The van der Waals surface area contributed by atoms with Crippen LogP contribution in [-0.2, 0) is 33.9 Å². The zero-order valence-corrected chi connectivity index (χ0v) is 17.0. The molecular formula is C18H20B3NO5S. The van der Waals surface area contributed by atoms with Crippen molar-refractivity contribution < 1.29 is 22.1 Å². The van der Waals surface area contributed by atoms with Crippen LogP contribution in [-0.4, -0.2) is 37.7 Å². The third-order valence-corrected chi connectivity index (χ3v) is 6.91. The van der Waals surface area contributed by atoms with Gasteiger partial charge in [0.15, 0.2) is 13.3 Å². The molecule has 2 aromatic carbocycles. The van der Waals surface area contributed by atoms with E-state index >= 15 is 0 Å². The van der Waals surface area contributed by atoms with Crippen molar-refractivity contribution in [2.24, 2.45) is 5.73 Å². The van der Waals surface area contributed by atoms with Crippen LogP contribution in [0.3, 0.4) is 0 Å². The van der Waals surface area contributed by atoms with Crippen LogP contribution in [0.4, 0.5) is 0 Å². The van der Waals surface area contributed by atoms with Crippen molar-refractivity contribution in [1.29, 1.82) is 0 Å². The topological polar surface area (TPSA) is 95.7 Å². The Kier molecular flexibility index (Phi) is 4.87. The molecular weight excluding hydrogens is 375 g/mol. The standard InChI is InChI=1S/C18H20B3NO5S/c1-11-6-5-9-13(10-11)17(19)15(23)14(16(22)26-17)27-28(24,25)18(20,21)12-7-3-2-4-8-12/h2-10H,19-22H2,1H3. The zero-order chi connectivity index (χ0) is 20.7. The molecule has 0 saturated heterocycles. The van der Waals surface area contributed by atoms with Crippen molar-refractivity contribution in [2.45, 2.75) is 17.0 Å². The lowest BCUT2D eigenvalue weighted by Crippen LogP contribution is -2.40. The molecule has 0 saturated carbocycles. The molecule has 1 aliphatic heterocycles. The Morgan fingerprint density at radius 3 is 2.36 bits per heavy atom. The van der Waals surface area contributed by atoms with Crippen LogP contribution in [0.1, 0.15) is 16.7 Å². The fourth-order valence-corrected chi connectivity index (χ4v) is 4.06. The lowest BCUT2D eigenvalue weighted by Gasteiger charge is -2.26. The van der Waals surface area contributed by atoms with Crippen molar-refractivity contribution in [3.05, 3.63) is 82.9 Å². The highest BCUT2D eigenvalue weighted by Crippen LogP contribution is 2.38. The van der Waals surface area contributed by atoms with Crippen LogP contribution in [0.5, 0.6) is 0 Å². The number of nitrogens with two attached hydrogens (primary N) is 1. The molecule has 0 spiro atoms. The minimum absolute atomic E-state index is 0.346. The lowest BCUT2D eigenvalue weighted by molar-refractivity contribution is -0.126. The van der Waals surface area contributed by atoms with Gasteiger partial charge in [0.05, 0.1) is 4.55 Å². The lowest BCUT2D eigenvalue weighted by atomic mass is 9.65. The van der Waals surface area contributed by atoms with E-state index in [1.54, 1.807) is 56.4 Å².